The molecule has 0 saturated carbocycles. The van der Waals surface area contributed by atoms with Crippen LogP contribution >= 0.6 is 11.3 Å². The van der Waals surface area contributed by atoms with Crippen LogP contribution in [-0.2, 0) is 21.2 Å². The third-order valence-electron chi connectivity index (χ3n) is 1.76. The van der Waals surface area contributed by atoms with Gasteiger partial charge in [0, 0.05) is 17.8 Å². The fraction of sp³-hybridized carbons (Fsp3) is 0.333. The Morgan fingerprint density at radius 3 is 2.82 bits per heavy atom. The molecule has 0 saturated heterocycles. The van der Waals surface area contributed by atoms with Crippen molar-refractivity contribution >= 4 is 27.3 Å². The van der Waals surface area contributed by atoms with Crippen molar-refractivity contribution in [3.8, 4) is 6.07 Å². The van der Waals surface area contributed by atoms with Crippen LogP contribution in [0.25, 0.3) is 0 Å². The standard InChI is InChI=1S/C9H10N2O4S2/c10-4-1-5-11-17(14,15)9-3-2-7(16-9)6-8(12)13/h2-3,11H,1,5-6H2,(H,12,13). The van der Waals surface area contributed by atoms with Crippen LogP contribution in [0, 0.1) is 11.3 Å². The molecule has 1 rings (SSSR count). The average Bonchev–Trinajstić information content (AvgIpc) is 2.66. The molecule has 0 aromatic carbocycles. The first kappa shape index (κ1) is 13.6. The lowest BCUT2D eigenvalue weighted by Gasteiger charge is -2.00. The number of nitrogens with one attached hydrogen (secondary N) is 1. The van der Waals surface area contributed by atoms with Crippen LogP contribution in [-0.4, -0.2) is 26.0 Å². The number of rotatable bonds is 6. The zero-order chi connectivity index (χ0) is 12.9. The minimum atomic E-state index is -3.62. The Balaban J connectivity index is 2.75. The molecule has 92 valence electrons. The van der Waals surface area contributed by atoms with Crippen molar-refractivity contribution in [2.24, 2.45) is 0 Å². The number of aliphatic carboxylic acids is 1. The Hall–Kier alpha value is -1.43. The number of carboxylic acid groups (broad SMARTS) is 1. The van der Waals surface area contributed by atoms with Gasteiger partial charge in [0.1, 0.15) is 4.21 Å². The Kier molecular flexibility index (Phi) is 4.62. The summed E-state index contributed by atoms with van der Waals surface area (Å²) < 4.78 is 25.6. The Labute approximate surface area is 103 Å². The normalized spacial score (nSPS) is 11.0. The van der Waals surface area contributed by atoms with Crippen LogP contribution < -0.4 is 4.72 Å². The summed E-state index contributed by atoms with van der Waals surface area (Å²) in [6.07, 6.45) is -0.106. The Morgan fingerprint density at radius 1 is 1.53 bits per heavy atom. The van der Waals surface area contributed by atoms with Gasteiger partial charge in [0.15, 0.2) is 0 Å². The number of carboxylic acids is 1. The van der Waals surface area contributed by atoms with Crippen molar-refractivity contribution in [2.75, 3.05) is 6.54 Å². The number of nitriles is 1. The van der Waals surface area contributed by atoms with Crippen LogP contribution in [0.3, 0.4) is 0 Å². The number of hydrogen-bond donors (Lipinski definition) is 2. The van der Waals surface area contributed by atoms with Crippen LogP contribution in [0.5, 0.6) is 0 Å². The maximum Gasteiger partial charge on any atom is 0.308 e. The molecule has 8 heteroatoms. The highest BCUT2D eigenvalue weighted by Gasteiger charge is 2.16. The second-order valence-corrected chi connectivity index (χ2v) is 6.26. The summed E-state index contributed by atoms with van der Waals surface area (Å²) in [5, 5.41) is 16.8. The zero-order valence-electron chi connectivity index (χ0n) is 8.71. The van der Waals surface area contributed by atoms with Gasteiger partial charge in [0.05, 0.1) is 12.5 Å². The van der Waals surface area contributed by atoms with E-state index in [-0.39, 0.29) is 23.6 Å². The predicted molar refractivity (Wildman–Crippen MR) is 61.1 cm³/mol. The minimum Gasteiger partial charge on any atom is -0.481 e. The molecule has 0 aliphatic heterocycles. The van der Waals surface area contributed by atoms with Crippen LogP contribution in [0.4, 0.5) is 0 Å². The molecule has 1 aromatic rings. The van der Waals surface area contributed by atoms with Gasteiger partial charge in [-0.15, -0.1) is 11.3 Å². The van der Waals surface area contributed by atoms with E-state index in [1.54, 1.807) is 0 Å². The number of sulfonamides is 1. The van der Waals surface area contributed by atoms with Crippen molar-refractivity contribution in [3.05, 3.63) is 17.0 Å². The molecule has 1 aromatic heterocycles. The molecule has 17 heavy (non-hydrogen) atoms. The van der Waals surface area contributed by atoms with Gasteiger partial charge in [-0.05, 0) is 12.1 Å². The topological polar surface area (TPSA) is 107 Å². The molecule has 0 fully saturated rings. The molecule has 2 N–H and O–H groups in total. The first-order valence-corrected chi connectivity index (χ1v) is 6.93. The fourth-order valence-corrected chi connectivity index (χ4v) is 3.48. The molecule has 0 spiro atoms. The van der Waals surface area contributed by atoms with Crippen molar-refractivity contribution in [3.63, 3.8) is 0 Å². The molecule has 6 nitrogen and oxygen atoms in total. The fourth-order valence-electron chi connectivity index (χ4n) is 1.06. The van der Waals surface area contributed by atoms with Gasteiger partial charge in [0.2, 0.25) is 10.0 Å². The van der Waals surface area contributed by atoms with Gasteiger partial charge in [-0.3, -0.25) is 4.79 Å². The SMILES string of the molecule is N#CCCNS(=O)(=O)c1ccc(CC(=O)O)s1. The van der Waals surface area contributed by atoms with E-state index >= 15 is 0 Å². The van der Waals surface area contributed by atoms with Gasteiger partial charge >= 0.3 is 5.97 Å². The van der Waals surface area contributed by atoms with E-state index < -0.39 is 16.0 Å². The largest absolute Gasteiger partial charge is 0.481 e. The summed E-state index contributed by atoms with van der Waals surface area (Å²) >= 11 is 0.912. The smallest absolute Gasteiger partial charge is 0.308 e. The summed E-state index contributed by atoms with van der Waals surface area (Å²) in [4.78, 5) is 10.9. The maximum absolute atomic E-state index is 11.6. The van der Waals surface area contributed by atoms with Gasteiger partial charge in [-0.1, -0.05) is 0 Å². The summed E-state index contributed by atoms with van der Waals surface area (Å²) in [7, 11) is -3.62. The van der Waals surface area contributed by atoms with Crippen LogP contribution in [0.2, 0.25) is 0 Å². The molecule has 0 aliphatic rings. The summed E-state index contributed by atoms with van der Waals surface area (Å²) in [5.74, 6) is -1.01. The van der Waals surface area contributed by atoms with E-state index in [1.165, 1.54) is 12.1 Å². The Morgan fingerprint density at radius 2 is 2.24 bits per heavy atom. The average molecular weight is 274 g/mol. The number of hydrogen-bond acceptors (Lipinski definition) is 5. The lowest BCUT2D eigenvalue weighted by molar-refractivity contribution is -0.136. The number of nitrogens with zero attached hydrogens (tertiary/aromatic N) is 1. The second-order valence-electron chi connectivity index (χ2n) is 3.10. The van der Waals surface area contributed by atoms with Crippen molar-refractivity contribution in [1.29, 1.82) is 5.26 Å². The molecule has 0 bridgehead atoms. The van der Waals surface area contributed by atoms with Crippen LogP contribution in [0.15, 0.2) is 16.3 Å². The van der Waals surface area contributed by atoms with E-state index in [9.17, 15) is 13.2 Å². The van der Waals surface area contributed by atoms with E-state index in [2.05, 4.69) is 4.72 Å². The predicted octanol–water partition coefficient (Wildman–Crippen LogP) is 0.567. The van der Waals surface area contributed by atoms with Gasteiger partial charge in [0.25, 0.3) is 0 Å². The monoisotopic (exact) mass is 274 g/mol. The molecule has 0 amide bonds. The summed E-state index contributed by atoms with van der Waals surface area (Å²) in [6.45, 7) is 0.0466. The lowest BCUT2D eigenvalue weighted by atomic mass is 10.3. The molecular weight excluding hydrogens is 264 g/mol. The quantitative estimate of drug-likeness (QED) is 0.737. The highest BCUT2D eigenvalue weighted by atomic mass is 32.2. The molecule has 1 heterocycles. The molecule has 0 atom stereocenters. The third-order valence-corrected chi connectivity index (χ3v) is 4.79. The van der Waals surface area contributed by atoms with Crippen molar-refractivity contribution < 1.29 is 18.3 Å². The van der Waals surface area contributed by atoms with Crippen LogP contribution in [0.1, 0.15) is 11.3 Å². The highest BCUT2D eigenvalue weighted by molar-refractivity contribution is 7.91. The van der Waals surface area contributed by atoms with E-state index in [1.807, 2.05) is 6.07 Å². The van der Waals surface area contributed by atoms with Crippen molar-refractivity contribution in [1.82, 2.24) is 4.72 Å². The maximum atomic E-state index is 11.6. The van der Waals surface area contributed by atoms with Gasteiger partial charge in [-0.2, -0.15) is 5.26 Å². The van der Waals surface area contributed by atoms with E-state index in [4.69, 9.17) is 10.4 Å². The minimum absolute atomic E-state index is 0.0466. The van der Waals surface area contributed by atoms with Crippen molar-refractivity contribution in [2.45, 2.75) is 17.1 Å². The lowest BCUT2D eigenvalue weighted by Crippen LogP contribution is -2.23. The highest BCUT2D eigenvalue weighted by Crippen LogP contribution is 2.21. The number of thiophene rings is 1. The molecule has 0 aliphatic carbocycles. The summed E-state index contributed by atoms with van der Waals surface area (Å²) in [6, 6.07) is 4.65. The van der Waals surface area contributed by atoms with E-state index in [0.29, 0.717) is 4.88 Å². The first-order chi connectivity index (χ1) is 7.95. The first-order valence-electron chi connectivity index (χ1n) is 4.63. The molecule has 0 unspecified atom stereocenters. The van der Waals surface area contributed by atoms with Gasteiger partial charge in [-0.25, -0.2) is 13.1 Å². The second kappa shape index (κ2) is 5.77. The molecule has 0 radical (unpaired) electrons. The number of carbonyl (C=O) groups is 1. The van der Waals surface area contributed by atoms with Gasteiger partial charge < -0.3 is 5.11 Å². The molecular formula is C9H10N2O4S2. The van der Waals surface area contributed by atoms with E-state index in [0.717, 1.165) is 11.3 Å². The Bertz CT molecular complexity index is 542. The third kappa shape index (κ3) is 4.14. The zero-order valence-corrected chi connectivity index (χ0v) is 10.3. The summed E-state index contributed by atoms with van der Waals surface area (Å²) in [5.41, 5.74) is 0.